The van der Waals surface area contributed by atoms with Crippen LogP contribution in [0.25, 0.3) is 0 Å². The summed E-state index contributed by atoms with van der Waals surface area (Å²) < 4.78 is 65.1. The van der Waals surface area contributed by atoms with Crippen molar-refractivity contribution in [3.8, 4) is 0 Å². The van der Waals surface area contributed by atoms with Crippen LogP contribution in [0.4, 0.5) is 13.2 Å². The van der Waals surface area contributed by atoms with Crippen molar-refractivity contribution in [2.45, 2.75) is 31.0 Å². The van der Waals surface area contributed by atoms with Gasteiger partial charge in [0.15, 0.2) is 0 Å². The molecule has 3 rings (SSSR count). The SMILES string of the molecule is CC(C)[C@H](NC(=O)c1ccccc1)C(=O)N1CCN(S(=O)(=O)c2ccc(C(F)(F)F)cc2)CC1. The van der Waals surface area contributed by atoms with Gasteiger partial charge in [-0.15, -0.1) is 0 Å². The number of piperazine rings is 1. The van der Waals surface area contributed by atoms with E-state index >= 15 is 0 Å². The molecular weight excluding hydrogens is 471 g/mol. The van der Waals surface area contributed by atoms with E-state index in [0.29, 0.717) is 5.56 Å². The number of nitrogens with one attached hydrogen (secondary N) is 1. The summed E-state index contributed by atoms with van der Waals surface area (Å²) in [6.07, 6.45) is -4.56. The molecule has 1 fully saturated rings. The maximum Gasteiger partial charge on any atom is 0.416 e. The summed E-state index contributed by atoms with van der Waals surface area (Å²) in [6.45, 7) is 3.80. The maximum absolute atomic E-state index is 13.1. The number of hydrogen-bond acceptors (Lipinski definition) is 4. The summed E-state index contributed by atoms with van der Waals surface area (Å²) in [4.78, 5) is 26.9. The van der Waals surface area contributed by atoms with E-state index < -0.39 is 27.8 Å². The van der Waals surface area contributed by atoms with Gasteiger partial charge in [-0.1, -0.05) is 32.0 Å². The lowest BCUT2D eigenvalue weighted by Crippen LogP contribution is -2.57. The molecule has 0 aliphatic carbocycles. The van der Waals surface area contributed by atoms with Crippen molar-refractivity contribution in [3.63, 3.8) is 0 Å². The van der Waals surface area contributed by atoms with E-state index in [4.69, 9.17) is 0 Å². The molecule has 1 heterocycles. The highest BCUT2D eigenvalue weighted by Gasteiger charge is 2.35. The van der Waals surface area contributed by atoms with Crippen LogP contribution in [0.2, 0.25) is 0 Å². The highest BCUT2D eigenvalue weighted by atomic mass is 32.2. The molecule has 0 aromatic heterocycles. The van der Waals surface area contributed by atoms with Crippen LogP contribution in [0.5, 0.6) is 0 Å². The number of nitrogens with zero attached hydrogens (tertiary/aromatic N) is 2. The maximum atomic E-state index is 13.1. The van der Waals surface area contributed by atoms with E-state index in [9.17, 15) is 31.2 Å². The average Bonchev–Trinajstić information content (AvgIpc) is 2.82. The van der Waals surface area contributed by atoms with Crippen LogP contribution < -0.4 is 5.32 Å². The second-order valence-corrected chi connectivity index (χ2v) is 10.3. The van der Waals surface area contributed by atoms with Crippen molar-refractivity contribution in [2.75, 3.05) is 26.2 Å². The number of hydrogen-bond donors (Lipinski definition) is 1. The Labute approximate surface area is 196 Å². The second-order valence-electron chi connectivity index (χ2n) is 8.31. The molecule has 0 spiro atoms. The zero-order valence-corrected chi connectivity index (χ0v) is 19.6. The number of alkyl halides is 3. The highest BCUT2D eigenvalue weighted by molar-refractivity contribution is 7.89. The third-order valence-electron chi connectivity index (χ3n) is 5.63. The summed E-state index contributed by atoms with van der Waals surface area (Å²) in [5.74, 6) is -0.893. The van der Waals surface area contributed by atoms with E-state index in [2.05, 4.69) is 5.32 Å². The minimum absolute atomic E-state index is 0.00740. The predicted octanol–water partition coefficient (Wildman–Crippen LogP) is 2.99. The fourth-order valence-electron chi connectivity index (χ4n) is 3.64. The smallest absolute Gasteiger partial charge is 0.340 e. The molecule has 2 aromatic rings. The van der Waals surface area contributed by atoms with E-state index in [1.165, 1.54) is 4.90 Å². The van der Waals surface area contributed by atoms with Gasteiger partial charge in [-0.2, -0.15) is 17.5 Å². The summed E-state index contributed by atoms with van der Waals surface area (Å²) in [5.41, 5.74) is -0.507. The van der Waals surface area contributed by atoms with Crippen LogP contribution in [0, 0.1) is 5.92 Å². The molecule has 184 valence electrons. The van der Waals surface area contributed by atoms with Crippen LogP contribution in [0.15, 0.2) is 59.5 Å². The first-order valence-corrected chi connectivity index (χ1v) is 12.2. The Hall–Kier alpha value is -2.92. The first-order chi connectivity index (χ1) is 15.9. The highest BCUT2D eigenvalue weighted by Crippen LogP contribution is 2.30. The Balaban J connectivity index is 1.65. The predicted molar refractivity (Wildman–Crippen MR) is 119 cm³/mol. The van der Waals surface area contributed by atoms with Gasteiger partial charge in [0.05, 0.1) is 10.5 Å². The minimum Gasteiger partial charge on any atom is -0.340 e. The molecule has 0 bridgehead atoms. The van der Waals surface area contributed by atoms with Crippen molar-refractivity contribution in [3.05, 3.63) is 65.7 Å². The zero-order valence-electron chi connectivity index (χ0n) is 18.7. The number of halogens is 3. The fraction of sp³-hybridized carbons (Fsp3) is 0.391. The van der Waals surface area contributed by atoms with Crippen molar-refractivity contribution in [1.82, 2.24) is 14.5 Å². The van der Waals surface area contributed by atoms with E-state index in [-0.39, 0.29) is 48.8 Å². The lowest BCUT2D eigenvalue weighted by Gasteiger charge is -2.36. The second kappa shape index (κ2) is 10.1. The molecule has 1 aliphatic rings. The Morgan fingerprint density at radius 3 is 1.97 bits per heavy atom. The van der Waals surface area contributed by atoms with Gasteiger partial charge in [-0.05, 0) is 42.3 Å². The Morgan fingerprint density at radius 2 is 1.47 bits per heavy atom. The van der Waals surface area contributed by atoms with Crippen LogP contribution in [-0.4, -0.2) is 61.7 Å². The Kier molecular flexibility index (Phi) is 7.67. The number of carbonyl (C=O) groups is 2. The topological polar surface area (TPSA) is 86.8 Å². The molecule has 0 unspecified atom stereocenters. The molecular formula is C23H26F3N3O4S. The van der Waals surface area contributed by atoms with Gasteiger partial charge in [0.1, 0.15) is 6.04 Å². The van der Waals surface area contributed by atoms with Crippen molar-refractivity contribution in [2.24, 2.45) is 5.92 Å². The molecule has 1 aliphatic heterocycles. The zero-order chi connectivity index (χ0) is 25.1. The fourth-order valence-corrected chi connectivity index (χ4v) is 5.06. The molecule has 2 amide bonds. The van der Waals surface area contributed by atoms with Gasteiger partial charge in [0.2, 0.25) is 15.9 Å². The molecule has 7 nitrogen and oxygen atoms in total. The molecule has 2 aromatic carbocycles. The molecule has 0 radical (unpaired) electrons. The largest absolute Gasteiger partial charge is 0.416 e. The van der Waals surface area contributed by atoms with E-state index in [0.717, 1.165) is 28.6 Å². The van der Waals surface area contributed by atoms with Gasteiger partial charge in [0, 0.05) is 31.7 Å². The van der Waals surface area contributed by atoms with E-state index in [1.54, 1.807) is 44.2 Å². The van der Waals surface area contributed by atoms with Gasteiger partial charge >= 0.3 is 6.18 Å². The van der Waals surface area contributed by atoms with E-state index in [1.807, 2.05) is 0 Å². The summed E-state index contributed by atoms with van der Waals surface area (Å²) in [7, 11) is -4.01. The quantitative estimate of drug-likeness (QED) is 0.665. The third-order valence-corrected chi connectivity index (χ3v) is 7.54. The Bertz CT molecular complexity index is 1110. The summed E-state index contributed by atoms with van der Waals surface area (Å²) in [6, 6.07) is 11.0. The first-order valence-electron chi connectivity index (χ1n) is 10.7. The lowest BCUT2D eigenvalue weighted by molar-refractivity contribution is -0.137. The lowest BCUT2D eigenvalue weighted by atomic mass is 10.0. The standard InChI is InChI=1S/C23H26F3N3O4S/c1-16(2)20(27-21(30)17-6-4-3-5-7-17)22(31)28-12-14-29(15-13-28)34(32,33)19-10-8-18(9-11-19)23(24,25)26/h3-11,16,20H,12-15H2,1-2H3,(H,27,30)/t20-/m0/s1. The van der Waals surface area contributed by atoms with Crippen LogP contribution in [0.1, 0.15) is 29.8 Å². The minimum atomic E-state index is -4.56. The van der Waals surface area contributed by atoms with Gasteiger partial charge < -0.3 is 10.2 Å². The van der Waals surface area contributed by atoms with Crippen LogP contribution >= 0.6 is 0 Å². The van der Waals surface area contributed by atoms with Crippen LogP contribution in [0.3, 0.4) is 0 Å². The van der Waals surface area contributed by atoms with Gasteiger partial charge in [-0.3, -0.25) is 9.59 Å². The monoisotopic (exact) mass is 497 g/mol. The first kappa shape index (κ1) is 25.7. The average molecular weight is 498 g/mol. The normalized spacial score (nSPS) is 16.4. The number of amides is 2. The third kappa shape index (κ3) is 5.76. The Morgan fingerprint density at radius 1 is 0.912 bits per heavy atom. The molecule has 1 saturated heterocycles. The molecule has 1 atom stereocenters. The molecule has 34 heavy (non-hydrogen) atoms. The van der Waals surface area contributed by atoms with Gasteiger partial charge in [0.25, 0.3) is 5.91 Å². The number of sulfonamides is 1. The van der Waals surface area contributed by atoms with Crippen molar-refractivity contribution < 1.29 is 31.2 Å². The summed E-state index contributed by atoms with van der Waals surface area (Å²) in [5, 5.41) is 2.76. The number of carbonyl (C=O) groups excluding carboxylic acids is 2. The van der Waals surface area contributed by atoms with Crippen LogP contribution in [-0.2, 0) is 21.0 Å². The molecule has 0 saturated carbocycles. The number of rotatable bonds is 6. The van der Waals surface area contributed by atoms with Crippen molar-refractivity contribution in [1.29, 1.82) is 0 Å². The van der Waals surface area contributed by atoms with Gasteiger partial charge in [-0.25, -0.2) is 8.42 Å². The number of benzene rings is 2. The summed E-state index contributed by atoms with van der Waals surface area (Å²) >= 11 is 0. The van der Waals surface area contributed by atoms with Crippen molar-refractivity contribution >= 4 is 21.8 Å². The molecule has 1 N–H and O–H groups in total. The molecule has 11 heteroatoms.